The second-order valence-electron chi connectivity index (χ2n) is 5.65. The standard InChI is InChI=1S/C17H18N4O3S/c1-3-11(2)25(22,23)13-6-4-12(5-7-13)14-10-19-17(18)16(21-14)15-8-9-20-24-15/h4-11H,3H2,1-2H3,(H2,18,19). The van der Waals surface area contributed by atoms with E-state index in [0.717, 1.165) is 5.56 Å². The highest BCUT2D eigenvalue weighted by Crippen LogP contribution is 2.27. The average molecular weight is 358 g/mol. The molecule has 2 N–H and O–H groups in total. The van der Waals surface area contributed by atoms with Crippen LogP contribution >= 0.6 is 0 Å². The maximum absolute atomic E-state index is 12.4. The van der Waals surface area contributed by atoms with Gasteiger partial charge in [0.25, 0.3) is 0 Å². The zero-order chi connectivity index (χ0) is 18.0. The number of rotatable bonds is 5. The van der Waals surface area contributed by atoms with Crippen molar-refractivity contribution in [3.8, 4) is 22.7 Å². The molecule has 0 aliphatic heterocycles. The predicted octanol–water partition coefficient (Wildman–Crippen LogP) is 2.95. The van der Waals surface area contributed by atoms with E-state index in [4.69, 9.17) is 10.3 Å². The quantitative estimate of drug-likeness (QED) is 0.746. The van der Waals surface area contributed by atoms with Crippen LogP contribution in [0.5, 0.6) is 0 Å². The highest BCUT2D eigenvalue weighted by molar-refractivity contribution is 7.92. The lowest BCUT2D eigenvalue weighted by atomic mass is 10.1. The summed E-state index contributed by atoms with van der Waals surface area (Å²) in [6.07, 6.45) is 3.60. The Bertz CT molecular complexity index is 968. The van der Waals surface area contributed by atoms with Gasteiger partial charge >= 0.3 is 0 Å². The number of sulfone groups is 1. The molecule has 3 aromatic rings. The molecule has 0 fully saturated rings. The molecule has 1 atom stereocenters. The normalized spacial score (nSPS) is 12.9. The summed E-state index contributed by atoms with van der Waals surface area (Å²) in [7, 11) is -3.32. The van der Waals surface area contributed by atoms with Crippen molar-refractivity contribution >= 4 is 15.7 Å². The average Bonchev–Trinajstić information content (AvgIpc) is 3.16. The predicted molar refractivity (Wildman–Crippen MR) is 94.3 cm³/mol. The van der Waals surface area contributed by atoms with Gasteiger partial charge in [0.05, 0.1) is 28.2 Å². The molecule has 0 aliphatic carbocycles. The molecule has 0 amide bonds. The van der Waals surface area contributed by atoms with Crippen LogP contribution in [0.4, 0.5) is 5.82 Å². The van der Waals surface area contributed by atoms with E-state index in [9.17, 15) is 8.42 Å². The van der Waals surface area contributed by atoms with Gasteiger partial charge in [0.15, 0.2) is 27.1 Å². The third-order valence-corrected chi connectivity index (χ3v) is 6.38. The fourth-order valence-electron chi connectivity index (χ4n) is 2.32. The van der Waals surface area contributed by atoms with Crippen molar-refractivity contribution < 1.29 is 12.9 Å². The van der Waals surface area contributed by atoms with Gasteiger partial charge in [0, 0.05) is 11.6 Å². The molecule has 3 rings (SSSR count). The topological polar surface area (TPSA) is 112 Å². The van der Waals surface area contributed by atoms with Crippen molar-refractivity contribution in [3.05, 3.63) is 42.7 Å². The van der Waals surface area contributed by atoms with Crippen molar-refractivity contribution in [1.82, 2.24) is 15.1 Å². The van der Waals surface area contributed by atoms with Gasteiger partial charge in [-0.25, -0.2) is 18.4 Å². The molecular formula is C17H18N4O3S. The Morgan fingerprint density at radius 1 is 1.20 bits per heavy atom. The molecule has 8 heteroatoms. The van der Waals surface area contributed by atoms with E-state index in [-0.39, 0.29) is 5.82 Å². The number of benzene rings is 1. The minimum absolute atomic E-state index is 0.233. The molecule has 0 radical (unpaired) electrons. The highest BCUT2D eigenvalue weighted by atomic mass is 32.2. The van der Waals surface area contributed by atoms with Crippen LogP contribution < -0.4 is 5.73 Å². The van der Waals surface area contributed by atoms with Crippen LogP contribution in [-0.2, 0) is 9.84 Å². The first-order valence-electron chi connectivity index (χ1n) is 7.81. The third-order valence-electron chi connectivity index (χ3n) is 4.06. The molecule has 0 aliphatic rings. The summed E-state index contributed by atoms with van der Waals surface area (Å²) in [5, 5.41) is 3.22. The largest absolute Gasteiger partial charge is 0.382 e. The highest BCUT2D eigenvalue weighted by Gasteiger charge is 2.21. The van der Waals surface area contributed by atoms with Gasteiger partial charge in [-0.3, -0.25) is 0 Å². The zero-order valence-electron chi connectivity index (χ0n) is 13.9. The minimum atomic E-state index is -3.32. The third kappa shape index (κ3) is 3.25. The molecule has 1 aromatic carbocycles. The van der Waals surface area contributed by atoms with Gasteiger partial charge in [-0.2, -0.15) is 0 Å². The fraction of sp³-hybridized carbons (Fsp3) is 0.235. The first-order valence-corrected chi connectivity index (χ1v) is 9.36. The molecule has 2 aromatic heterocycles. The van der Waals surface area contributed by atoms with Gasteiger partial charge in [0.1, 0.15) is 0 Å². The SMILES string of the molecule is CCC(C)S(=O)(=O)c1ccc(-c2cnc(N)c(-c3ccno3)n2)cc1. The number of hydrogen-bond acceptors (Lipinski definition) is 7. The number of anilines is 1. The molecule has 1 unspecified atom stereocenters. The van der Waals surface area contributed by atoms with E-state index in [1.54, 1.807) is 37.3 Å². The van der Waals surface area contributed by atoms with Crippen LogP contribution in [0.15, 0.2) is 52.1 Å². The summed E-state index contributed by atoms with van der Waals surface area (Å²) in [6, 6.07) is 8.23. The van der Waals surface area contributed by atoms with E-state index in [1.807, 2.05) is 6.92 Å². The summed E-state index contributed by atoms with van der Waals surface area (Å²) >= 11 is 0. The molecular weight excluding hydrogens is 340 g/mol. The van der Waals surface area contributed by atoms with Gasteiger partial charge in [-0.05, 0) is 25.5 Å². The second kappa shape index (κ2) is 6.64. The first kappa shape index (κ1) is 17.1. The van der Waals surface area contributed by atoms with Gasteiger partial charge < -0.3 is 10.3 Å². The van der Waals surface area contributed by atoms with E-state index in [2.05, 4.69) is 15.1 Å². The monoisotopic (exact) mass is 358 g/mol. The molecule has 0 saturated carbocycles. The zero-order valence-corrected chi connectivity index (χ0v) is 14.7. The Balaban J connectivity index is 1.97. The molecule has 0 bridgehead atoms. The number of nitrogen functional groups attached to an aromatic ring is 1. The summed E-state index contributed by atoms with van der Waals surface area (Å²) in [5.74, 6) is 0.652. The van der Waals surface area contributed by atoms with Crippen molar-refractivity contribution in [3.63, 3.8) is 0 Å². The number of nitrogens with zero attached hydrogens (tertiary/aromatic N) is 3. The lowest BCUT2D eigenvalue weighted by Crippen LogP contribution is -2.16. The van der Waals surface area contributed by atoms with Crippen LogP contribution in [0.25, 0.3) is 22.7 Å². The Morgan fingerprint density at radius 2 is 1.92 bits per heavy atom. The molecule has 0 saturated heterocycles. The smallest absolute Gasteiger partial charge is 0.188 e. The van der Waals surface area contributed by atoms with E-state index < -0.39 is 15.1 Å². The number of aromatic nitrogens is 3. The molecule has 7 nitrogen and oxygen atoms in total. The Labute approximate surface area is 145 Å². The van der Waals surface area contributed by atoms with Crippen molar-refractivity contribution in [1.29, 1.82) is 0 Å². The molecule has 0 spiro atoms. The van der Waals surface area contributed by atoms with Crippen molar-refractivity contribution in [2.24, 2.45) is 0 Å². The Kier molecular flexibility index (Phi) is 4.54. The van der Waals surface area contributed by atoms with Gasteiger partial charge in [-0.15, -0.1) is 0 Å². The summed E-state index contributed by atoms with van der Waals surface area (Å²) in [5.41, 5.74) is 7.54. The van der Waals surface area contributed by atoms with E-state index in [1.165, 1.54) is 12.4 Å². The lowest BCUT2D eigenvalue weighted by Gasteiger charge is -2.11. The summed E-state index contributed by atoms with van der Waals surface area (Å²) < 4.78 is 29.9. The van der Waals surface area contributed by atoms with Crippen molar-refractivity contribution in [2.45, 2.75) is 30.4 Å². The van der Waals surface area contributed by atoms with Crippen LogP contribution in [0.1, 0.15) is 20.3 Å². The Morgan fingerprint density at radius 3 is 2.52 bits per heavy atom. The van der Waals surface area contributed by atoms with Crippen LogP contribution in [-0.4, -0.2) is 28.8 Å². The number of hydrogen-bond donors (Lipinski definition) is 1. The summed E-state index contributed by atoms with van der Waals surface area (Å²) in [6.45, 7) is 3.56. The summed E-state index contributed by atoms with van der Waals surface area (Å²) in [4.78, 5) is 8.89. The molecule has 130 valence electrons. The maximum Gasteiger partial charge on any atom is 0.188 e. The minimum Gasteiger partial charge on any atom is -0.382 e. The number of nitrogens with two attached hydrogens (primary N) is 1. The Hall–Kier alpha value is -2.74. The molecule has 25 heavy (non-hydrogen) atoms. The fourth-order valence-corrected chi connectivity index (χ4v) is 3.74. The van der Waals surface area contributed by atoms with Crippen LogP contribution in [0.2, 0.25) is 0 Å². The van der Waals surface area contributed by atoms with E-state index >= 15 is 0 Å². The van der Waals surface area contributed by atoms with Crippen molar-refractivity contribution in [2.75, 3.05) is 5.73 Å². The second-order valence-corrected chi connectivity index (χ2v) is 8.02. The van der Waals surface area contributed by atoms with Crippen LogP contribution in [0.3, 0.4) is 0 Å². The van der Waals surface area contributed by atoms with Crippen LogP contribution in [0, 0.1) is 0 Å². The maximum atomic E-state index is 12.4. The molecule has 2 heterocycles. The van der Waals surface area contributed by atoms with E-state index in [0.29, 0.717) is 28.5 Å². The van der Waals surface area contributed by atoms with Gasteiger partial charge in [0.2, 0.25) is 0 Å². The lowest BCUT2D eigenvalue weighted by molar-refractivity contribution is 0.431. The first-order chi connectivity index (χ1) is 11.9. The van der Waals surface area contributed by atoms with Gasteiger partial charge in [-0.1, -0.05) is 24.2 Å².